The minimum atomic E-state index is -3.01. The molecule has 0 saturated heterocycles. The van der Waals surface area contributed by atoms with E-state index < -0.39 is 9.84 Å². The van der Waals surface area contributed by atoms with Crippen LogP contribution in [0.1, 0.15) is 30.3 Å². The topological polar surface area (TPSA) is 109 Å². The van der Waals surface area contributed by atoms with Crippen molar-refractivity contribution in [1.82, 2.24) is 15.0 Å². The monoisotopic (exact) mass is 485 g/mol. The Morgan fingerprint density at radius 1 is 1.24 bits per heavy atom. The summed E-state index contributed by atoms with van der Waals surface area (Å²) in [7, 11) is -3.01. The third-order valence-electron chi connectivity index (χ3n) is 5.45. The lowest BCUT2D eigenvalue weighted by Gasteiger charge is -2.23. The van der Waals surface area contributed by atoms with Gasteiger partial charge < -0.3 is 20.4 Å². The van der Waals surface area contributed by atoms with Gasteiger partial charge in [0.25, 0.3) is 0 Å². The summed E-state index contributed by atoms with van der Waals surface area (Å²) < 4.78 is 43.3. The van der Waals surface area contributed by atoms with Crippen LogP contribution in [0.5, 0.6) is 5.75 Å². The number of nitrogens with zero attached hydrogens (tertiary/aromatic N) is 2. The number of aromatic amines is 1. The molecule has 34 heavy (non-hydrogen) atoms. The van der Waals surface area contributed by atoms with E-state index in [2.05, 4.69) is 25.6 Å². The van der Waals surface area contributed by atoms with Crippen molar-refractivity contribution >= 4 is 33.1 Å². The molecule has 1 atom stereocenters. The van der Waals surface area contributed by atoms with Crippen molar-refractivity contribution in [3.8, 4) is 5.75 Å². The van der Waals surface area contributed by atoms with Crippen molar-refractivity contribution in [2.45, 2.75) is 26.7 Å². The van der Waals surface area contributed by atoms with Gasteiger partial charge in [-0.1, -0.05) is 13.0 Å². The highest BCUT2D eigenvalue weighted by Gasteiger charge is 2.27. The van der Waals surface area contributed by atoms with Crippen LogP contribution in [0.3, 0.4) is 0 Å². The first-order valence-corrected chi connectivity index (χ1v) is 13.1. The van der Waals surface area contributed by atoms with Crippen LogP contribution in [0.4, 0.5) is 21.8 Å². The maximum atomic E-state index is 15.2. The average molecular weight is 486 g/mol. The van der Waals surface area contributed by atoms with Crippen molar-refractivity contribution < 1.29 is 17.5 Å². The number of ether oxygens (including phenoxy) is 1. The zero-order valence-corrected chi connectivity index (χ0v) is 20.2. The number of halogens is 1. The minimum Gasteiger partial charge on any atom is -0.493 e. The number of hydrogen-bond acceptors (Lipinski definition) is 7. The third kappa shape index (κ3) is 5.93. The van der Waals surface area contributed by atoms with Crippen LogP contribution < -0.4 is 15.4 Å². The molecule has 0 unspecified atom stereocenters. The van der Waals surface area contributed by atoms with Crippen LogP contribution in [0.15, 0.2) is 48.3 Å². The summed E-state index contributed by atoms with van der Waals surface area (Å²) >= 11 is 0. The number of benzene rings is 1. The fourth-order valence-corrected chi connectivity index (χ4v) is 4.52. The van der Waals surface area contributed by atoms with Crippen molar-refractivity contribution in [2.24, 2.45) is 5.92 Å². The number of hydrogen-bond donors (Lipinski definition) is 3. The number of sulfone groups is 1. The first-order chi connectivity index (χ1) is 16.2. The lowest BCUT2D eigenvalue weighted by atomic mass is 9.92. The van der Waals surface area contributed by atoms with Crippen LogP contribution in [0.25, 0.3) is 5.83 Å². The number of rotatable bonds is 9. The highest BCUT2D eigenvalue weighted by molar-refractivity contribution is 7.90. The molecule has 4 rings (SSSR count). The van der Waals surface area contributed by atoms with Gasteiger partial charge in [-0.15, -0.1) is 0 Å². The summed E-state index contributed by atoms with van der Waals surface area (Å²) in [6.07, 6.45) is 3.94. The summed E-state index contributed by atoms with van der Waals surface area (Å²) in [4.78, 5) is 12.0. The van der Waals surface area contributed by atoms with Crippen LogP contribution in [0, 0.1) is 12.8 Å². The number of anilines is 3. The van der Waals surface area contributed by atoms with E-state index in [0.717, 1.165) is 11.4 Å². The molecule has 3 aromatic rings. The molecule has 0 radical (unpaired) electrons. The van der Waals surface area contributed by atoms with Gasteiger partial charge in [-0.3, -0.25) is 0 Å². The third-order valence-corrected chi connectivity index (χ3v) is 6.48. The van der Waals surface area contributed by atoms with E-state index in [9.17, 15) is 8.42 Å². The highest BCUT2D eigenvalue weighted by atomic mass is 32.2. The maximum absolute atomic E-state index is 15.2. The number of aromatic nitrogens is 3. The molecule has 0 fully saturated rings. The second-order valence-electron chi connectivity index (χ2n) is 8.55. The van der Waals surface area contributed by atoms with Crippen molar-refractivity contribution in [3.05, 3.63) is 65.2 Å². The highest BCUT2D eigenvalue weighted by Crippen LogP contribution is 2.36. The van der Waals surface area contributed by atoms with Gasteiger partial charge in [-0.2, -0.15) is 4.98 Å². The van der Waals surface area contributed by atoms with Crippen molar-refractivity contribution in [3.63, 3.8) is 0 Å². The second kappa shape index (κ2) is 9.84. The molecule has 0 bridgehead atoms. The van der Waals surface area contributed by atoms with Crippen LogP contribution in [-0.2, 0) is 16.3 Å². The van der Waals surface area contributed by atoms with Gasteiger partial charge in [0.2, 0.25) is 5.95 Å². The normalized spacial score (nSPS) is 15.7. The Morgan fingerprint density at radius 3 is 2.85 bits per heavy atom. The van der Waals surface area contributed by atoms with E-state index in [4.69, 9.17) is 4.74 Å². The maximum Gasteiger partial charge on any atom is 0.229 e. The lowest BCUT2D eigenvalue weighted by molar-refractivity contribution is 0.318. The van der Waals surface area contributed by atoms with Crippen LogP contribution in [0.2, 0.25) is 0 Å². The van der Waals surface area contributed by atoms with Gasteiger partial charge in [-0.25, -0.2) is 17.8 Å². The Kier molecular flexibility index (Phi) is 6.87. The van der Waals surface area contributed by atoms with E-state index in [0.29, 0.717) is 53.9 Å². The molecule has 2 heterocycles. The van der Waals surface area contributed by atoms with Gasteiger partial charge in [-0.05, 0) is 44.0 Å². The summed E-state index contributed by atoms with van der Waals surface area (Å²) in [6.45, 7) is 4.19. The average Bonchev–Trinajstić information content (AvgIpc) is 3.14. The largest absolute Gasteiger partial charge is 0.493 e. The first-order valence-electron chi connectivity index (χ1n) is 11.0. The zero-order chi connectivity index (χ0) is 24.3. The standard InChI is InChI=1S/C24H28FN5O3S/c1-15-12-20-19(13-16(2)27-20)22(25)23(15)29-21-8-9-26-24(30-21)28-17-6-4-7-18(14-17)33-10-5-11-34(3,31)32/h4,6-9,13-15,27H,5,10-12H2,1-3H3,(H2,26,28,29,30)/t15-/m1/s1. The lowest BCUT2D eigenvalue weighted by Crippen LogP contribution is -2.18. The van der Waals surface area contributed by atoms with E-state index in [1.165, 1.54) is 6.26 Å². The molecule has 180 valence electrons. The number of aryl methyl sites for hydroxylation is 1. The SMILES string of the molecule is Cc1cc2c([nH]1)C[C@@H](C)C(Nc1ccnc(Nc3cccc(OCCCS(C)(=O)=O)c3)n1)=C2F. The second-order valence-corrected chi connectivity index (χ2v) is 10.8. The molecular weight excluding hydrogens is 457 g/mol. The predicted octanol–water partition coefficient (Wildman–Crippen LogP) is 4.61. The first kappa shape index (κ1) is 23.7. The quantitative estimate of drug-likeness (QED) is 0.380. The van der Waals surface area contributed by atoms with E-state index >= 15 is 4.39 Å². The molecule has 3 N–H and O–H groups in total. The molecule has 1 aromatic carbocycles. The van der Waals surface area contributed by atoms with Crippen LogP contribution >= 0.6 is 0 Å². The molecule has 8 nitrogen and oxygen atoms in total. The Morgan fingerprint density at radius 2 is 2.06 bits per heavy atom. The van der Waals surface area contributed by atoms with E-state index in [-0.39, 0.29) is 17.5 Å². The Labute approximate surface area is 198 Å². The summed E-state index contributed by atoms with van der Waals surface area (Å²) in [5.41, 5.74) is 3.65. The van der Waals surface area contributed by atoms with Gasteiger partial charge >= 0.3 is 0 Å². The fraction of sp³-hybridized carbons (Fsp3) is 0.333. The molecule has 0 aliphatic heterocycles. The predicted molar refractivity (Wildman–Crippen MR) is 132 cm³/mol. The summed E-state index contributed by atoms with van der Waals surface area (Å²) in [6, 6.07) is 10.7. The molecular formula is C24H28FN5O3S. The molecule has 2 aromatic heterocycles. The molecule has 1 aliphatic rings. The fourth-order valence-electron chi connectivity index (χ4n) is 3.88. The molecule has 1 aliphatic carbocycles. The number of fused-ring (bicyclic) bond motifs is 1. The Bertz CT molecular complexity index is 1320. The Hall–Kier alpha value is -3.40. The number of allylic oxidation sites excluding steroid dienone is 1. The molecule has 10 heteroatoms. The zero-order valence-electron chi connectivity index (χ0n) is 19.4. The van der Waals surface area contributed by atoms with Crippen molar-refractivity contribution in [1.29, 1.82) is 0 Å². The van der Waals surface area contributed by atoms with Gasteiger partial charge in [0.05, 0.1) is 18.1 Å². The minimum absolute atomic E-state index is 0.0338. The van der Waals surface area contributed by atoms with Crippen LogP contribution in [-0.4, -0.2) is 42.0 Å². The molecule has 0 saturated carbocycles. The van der Waals surface area contributed by atoms with Gasteiger partial charge in [0, 0.05) is 47.1 Å². The van der Waals surface area contributed by atoms with Gasteiger partial charge in [0.15, 0.2) is 5.83 Å². The summed E-state index contributed by atoms with van der Waals surface area (Å²) in [5, 5.41) is 6.27. The Balaban J connectivity index is 1.43. The van der Waals surface area contributed by atoms with E-state index in [1.807, 2.05) is 32.0 Å². The van der Waals surface area contributed by atoms with E-state index in [1.54, 1.807) is 24.4 Å². The molecule has 0 amide bonds. The smallest absolute Gasteiger partial charge is 0.229 e. The number of H-pyrrole nitrogens is 1. The number of nitrogens with one attached hydrogen (secondary N) is 3. The van der Waals surface area contributed by atoms with Crippen molar-refractivity contribution in [2.75, 3.05) is 29.2 Å². The molecule has 0 spiro atoms. The van der Waals surface area contributed by atoms with Gasteiger partial charge in [0.1, 0.15) is 21.4 Å². The summed E-state index contributed by atoms with van der Waals surface area (Å²) in [5.74, 6) is 1.22.